The maximum absolute atomic E-state index is 13.8. The van der Waals surface area contributed by atoms with Gasteiger partial charge < -0.3 is 21.9 Å². The molecule has 30 heavy (non-hydrogen) atoms. The molecule has 0 bridgehead atoms. The van der Waals surface area contributed by atoms with Crippen molar-refractivity contribution in [1.82, 2.24) is 0 Å². The van der Waals surface area contributed by atoms with E-state index in [0.29, 0.717) is 27.8 Å². The van der Waals surface area contributed by atoms with Gasteiger partial charge in [0.05, 0.1) is 5.56 Å². The first kappa shape index (κ1) is 20.7. The molecule has 3 aromatic carbocycles. The number of rotatable bonds is 4. The van der Waals surface area contributed by atoms with E-state index in [4.69, 9.17) is 21.9 Å². The molecule has 0 atom stereocenters. The van der Waals surface area contributed by atoms with Gasteiger partial charge in [0.1, 0.15) is 0 Å². The average Bonchev–Trinajstić information content (AvgIpc) is 2.77. The van der Waals surface area contributed by atoms with E-state index >= 15 is 0 Å². The van der Waals surface area contributed by atoms with Crippen molar-refractivity contribution >= 4 is 11.7 Å². The Bertz CT molecular complexity index is 1110. The first-order chi connectivity index (χ1) is 14.2. The average molecular weight is 414 g/mol. The van der Waals surface area contributed by atoms with Gasteiger partial charge in [0.15, 0.2) is 11.7 Å². The minimum Gasteiger partial charge on any atom is -0.409 e. The number of hydrogen-bond acceptors (Lipinski definition) is 4. The van der Waals surface area contributed by atoms with E-state index in [1.807, 2.05) is 0 Å². The van der Waals surface area contributed by atoms with Gasteiger partial charge in [-0.05, 0) is 28.3 Å². The lowest BCUT2D eigenvalue weighted by molar-refractivity contribution is -0.137. The van der Waals surface area contributed by atoms with Crippen molar-refractivity contribution in [2.75, 3.05) is 0 Å². The summed E-state index contributed by atoms with van der Waals surface area (Å²) in [6.07, 6.45) is -4.58. The molecule has 0 radical (unpaired) electrons. The molecule has 0 heterocycles. The fourth-order valence-corrected chi connectivity index (χ4v) is 2.98. The molecule has 3 rings (SSSR count). The lowest BCUT2D eigenvalue weighted by Gasteiger charge is -2.15. The zero-order valence-electron chi connectivity index (χ0n) is 15.4. The number of nitrogens with two attached hydrogens (primary N) is 2. The Balaban J connectivity index is 2.05. The van der Waals surface area contributed by atoms with Crippen LogP contribution in [0, 0.1) is 0 Å². The predicted octanol–water partition coefficient (Wildman–Crippen LogP) is 4.23. The standard InChI is InChI=1S/C21H17F3N4O2/c22-21(23,24)18-11-16(12-1-5-14(6-2-12)19(25)27-29)9-10-17(18)13-3-7-15(8-4-13)20(26)28-30/h1-11,29-30H,(H2,25,27)(H2,26,28). The van der Waals surface area contributed by atoms with Crippen molar-refractivity contribution < 1.29 is 23.6 Å². The van der Waals surface area contributed by atoms with E-state index in [2.05, 4.69) is 10.3 Å². The maximum Gasteiger partial charge on any atom is 0.417 e. The second-order valence-electron chi connectivity index (χ2n) is 6.38. The molecule has 0 aromatic heterocycles. The Hall–Kier alpha value is -4.01. The highest BCUT2D eigenvalue weighted by molar-refractivity contribution is 5.98. The van der Waals surface area contributed by atoms with Crippen LogP contribution < -0.4 is 11.5 Å². The fraction of sp³-hybridized carbons (Fsp3) is 0.0476. The molecule has 0 aliphatic heterocycles. The minimum atomic E-state index is -4.58. The van der Waals surface area contributed by atoms with Crippen LogP contribution in [0.3, 0.4) is 0 Å². The highest BCUT2D eigenvalue weighted by Crippen LogP contribution is 2.39. The number of benzene rings is 3. The highest BCUT2D eigenvalue weighted by Gasteiger charge is 2.34. The number of nitrogens with zero attached hydrogens (tertiary/aromatic N) is 2. The summed E-state index contributed by atoms with van der Waals surface area (Å²) in [6.45, 7) is 0. The third-order valence-corrected chi connectivity index (χ3v) is 4.55. The van der Waals surface area contributed by atoms with Gasteiger partial charge in [-0.3, -0.25) is 0 Å². The van der Waals surface area contributed by atoms with Crippen LogP contribution in [0.4, 0.5) is 13.2 Å². The van der Waals surface area contributed by atoms with Crippen molar-refractivity contribution in [2.45, 2.75) is 6.18 Å². The fourth-order valence-electron chi connectivity index (χ4n) is 2.98. The van der Waals surface area contributed by atoms with Crippen LogP contribution in [0.5, 0.6) is 0 Å². The number of oxime groups is 2. The molecule has 6 nitrogen and oxygen atoms in total. The Kier molecular flexibility index (Phi) is 5.63. The topological polar surface area (TPSA) is 117 Å². The van der Waals surface area contributed by atoms with Crippen LogP contribution in [-0.2, 0) is 6.18 Å². The van der Waals surface area contributed by atoms with Crippen LogP contribution in [-0.4, -0.2) is 22.1 Å². The largest absolute Gasteiger partial charge is 0.417 e. The van der Waals surface area contributed by atoms with Gasteiger partial charge in [0.25, 0.3) is 0 Å². The van der Waals surface area contributed by atoms with Gasteiger partial charge in [-0.2, -0.15) is 13.2 Å². The molecule has 0 amide bonds. The molecule has 0 fully saturated rings. The normalized spacial score (nSPS) is 12.8. The molecule has 0 spiro atoms. The van der Waals surface area contributed by atoms with E-state index in [1.54, 1.807) is 30.3 Å². The smallest absolute Gasteiger partial charge is 0.409 e. The maximum atomic E-state index is 13.8. The molecule has 0 saturated heterocycles. The van der Waals surface area contributed by atoms with E-state index in [-0.39, 0.29) is 17.2 Å². The van der Waals surface area contributed by atoms with Crippen molar-refractivity contribution in [2.24, 2.45) is 21.8 Å². The lowest BCUT2D eigenvalue weighted by atomic mass is 9.93. The van der Waals surface area contributed by atoms with Crippen molar-refractivity contribution in [3.05, 3.63) is 83.4 Å². The quantitative estimate of drug-likeness (QED) is 0.221. The summed E-state index contributed by atoms with van der Waals surface area (Å²) in [7, 11) is 0. The third-order valence-electron chi connectivity index (χ3n) is 4.55. The van der Waals surface area contributed by atoms with E-state index in [1.165, 1.54) is 30.3 Å². The molecular formula is C21H17F3N4O2. The SMILES string of the molecule is N/C(=N\O)c1ccc(-c2ccc(-c3ccc(/C(N)=N/O)cc3)c(C(F)(F)F)c2)cc1. The van der Waals surface area contributed by atoms with Gasteiger partial charge in [0.2, 0.25) is 0 Å². The van der Waals surface area contributed by atoms with Crippen LogP contribution in [0.25, 0.3) is 22.3 Å². The summed E-state index contributed by atoms with van der Waals surface area (Å²) < 4.78 is 41.3. The second-order valence-corrected chi connectivity index (χ2v) is 6.38. The Labute approximate surface area is 169 Å². The zero-order valence-corrected chi connectivity index (χ0v) is 15.4. The molecule has 3 aromatic rings. The molecule has 0 aliphatic carbocycles. The Morgan fingerprint density at radius 3 is 1.53 bits per heavy atom. The molecule has 9 heteroatoms. The zero-order chi connectivity index (χ0) is 21.9. The number of halogens is 3. The Morgan fingerprint density at radius 1 is 0.667 bits per heavy atom. The minimum absolute atomic E-state index is 0.00517. The van der Waals surface area contributed by atoms with E-state index in [0.717, 1.165) is 6.07 Å². The molecule has 0 aliphatic rings. The highest BCUT2D eigenvalue weighted by atomic mass is 19.4. The summed E-state index contributed by atoms with van der Waals surface area (Å²) in [5, 5.41) is 23.2. The van der Waals surface area contributed by atoms with E-state index < -0.39 is 11.7 Å². The van der Waals surface area contributed by atoms with E-state index in [9.17, 15) is 13.2 Å². The summed E-state index contributed by atoms with van der Waals surface area (Å²) in [5.74, 6) is -0.230. The lowest BCUT2D eigenvalue weighted by Crippen LogP contribution is -2.13. The van der Waals surface area contributed by atoms with Gasteiger partial charge in [-0.25, -0.2) is 0 Å². The summed E-state index contributed by atoms with van der Waals surface area (Å²) >= 11 is 0. The van der Waals surface area contributed by atoms with Gasteiger partial charge in [-0.1, -0.05) is 71.0 Å². The number of alkyl halides is 3. The number of amidine groups is 2. The van der Waals surface area contributed by atoms with Gasteiger partial charge in [-0.15, -0.1) is 0 Å². The van der Waals surface area contributed by atoms with Crippen molar-refractivity contribution in [1.29, 1.82) is 0 Å². The van der Waals surface area contributed by atoms with Crippen LogP contribution in [0.2, 0.25) is 0 Å². The second kappa shape index (κ2) is 8.16. The van der Waals surface area contributed by atoms with Gasteiger partial charge >= 0.3 is 6.18 Å². The van der Waals surface area contributed by atoms with Crippen molar-refractivity contribution in [3.8, 4) is 22.3 Å². The molecule has 0 saturated carbocycles. The molecular weight excluding hydrogens is 397 g/mol. The van der Waals surface area contributed by atoms with Crippen molar-refractivity contribution in [3.63, 3.8) is 0 Å². The molecule has 154 valence electrons. The van der Waals surface area contributed by atoms with Crippen LogP contribution >= 0.6 is 0 Å². The first-order valence-corrected chi connectivity index (χ1v) is 8.62. The third kappa shape index (κ3) is 4.19. The molecule has 0 unspecified atom stereocenters. The summed E-state index contributed by atoms with van der Waals surface area (Å²) in [5.41, 5.74) is 12.3. The Morgan fingerprint density at radius 2 is 1.10 bits per heavy atom. The number of hydrogen-bond donors (Lipinski definition) is 4. The summed E-state index contributed by atoms with van der Waals surface area (Å²) in [4.78, 5) is 0. The predicted molar refractivity (Wildman–Crippen MR) is 107 cm³/mol. The molecule has 6 N–H and O–H groups in total. The summed E-state index contributed by atoms with van der Waals surface area (Å²) in [6, 6.07) is 16.2. The van der Waals surface area contributed by atoms with Gasteiger partial charge in [0, 0.05) is 11.1 Å². The first-order valence-electron chi connectivity index (χ1n) is 8.62. The van der Waals surface area contributed by atoms with Crippen LogP contribution in [0.1, 0.15) is 16.7 Å². The van der Waals surface area contributed by atoms with Crippen LogP contribution in [0.15, 0.2) is 77.0 Å². The monoisotopic (exact) mass is 414 g/mol.